The van der Waals surface area contributed by atoms with Gasteiger partial charge in [0.25, 0.3) is 0 Å². The molecule has 2 aromatic heterocycles. The van der Waals surface area contributed by atoms with E-state index < -0.39 is 0 Å². The fourth-order valence-electron chi connectivity index (χ4n) is 3.87. The zero-order valence-corrected chi connectivity index (χ0v) is 15.7. The van der Waals surface area contributed by atoms with Crippen molar-refractivity contribution in [3.63, 3.8) is 0 Å². The predicted molar refractivity (Wildman–Crippen MR) is 107 cm³/mol. The Bertz CT molecular complexity index is 1100. The Morgan fingerprint density at radius 3 is 2.78 bits per heavy atom. The third-order valence-electron chi connectivity index (χ3n) is 5.11. The first kappa shape index (κ1) is 16.3. The molecule has 6 nitrogen and oxygen atoms in total. The quantitative estimate of drug-likeness (QED) is 0.572. The van der Waals surface area contributed by atoms with Crippen LogP contribution < -0.4 is 4.90 Å². The molecule has 0 spiro atoms. The molecule has 0 aliphatic carbocycles. The zero-order valence-electron chi connectivity index (χ0n) is 14.9. The molecule has 5 rings (SSSR count). The number of nitrogens with zero attached hydrogens (tertiary/aromatic N) is 5. The van der Waals surface area contributed by atoms with E-state index in [0.29, 0.717) is 5.02 Å². The van der Waals surface area contributed by atoms with Crippen molar-refractivity contribution in [1.82, 2.24) is 25.0 Å². The minimum Gasteiger partial charge on any atom is -0.360 e. The van der Waals surface area contributed by atoms with Crippen molar-refractivity contribution in [2.75, 3.05) is 11.4 Å². The highest BCUT2D eigenvalue weighted by atomic mass is 35.5. The molecule has 4 aromatic rings. The van der Waals surface area contributed by atoms with E-state index in [1.807, 2.05) is 18.2 Å². The highest BCUT2D eigenvalue weighted by molar-refractivity contribution is 6.31. The molecule has 136 valence electrons. The first-order chi connectivity index (χ1) is 13.2. The van der Waals surface area contributed by atoms with Crippen molar-refractivity contribution >= 4 is 28.3 Å². The number of fused-ring (bicyclic) bond motifs is 1. The minimum absolute atomic E-state index is 0.187. The van der Waals surface area contributed by atoms with Gasteiger partial charge in [0, 0.05) is 11.6 Å². The summed E-state index contributed by atoms with van der Waals surface area (Å²) in [6, 6.07) is 12.3. The number of rotatable bonds is 3. The van der Waals surface area contributed by atoms with Gasteiger partial charge >= 0.3 is 0 Å². The van der Waals surface area contributed by atoms with Crippen LogP contribution in [0.4, 0.5) is 5.69 Å². The number of aromatic nitrogens is 5. The average Bonchev–Trinajstić information content (AvgIpc) is 3.40. The fraction of sp³-hybridized carbons (Fsp3) is 0.250. The lowest BCUT2D eigenvalue weighted by Gasteiger charge is -2.27. The highest BCUT2D eigenvalue weighted by Crippen LogP contribution is 2.38. The molecule has 0 radical (unpaired) electrons. The van der Waals surface area contributed by atoms with E-state index in [1.165, 1.54) is 5.56 Å². The molecule has 1 N–H and O–H groups in total. The number of hydrogen-bond acceptors (Lipinski definition) is 4. The van der Waals surface area contributed by atoms with Crippen molar-refractivity contribution in [2.24, 2.45) is 0 Å². The van der Waals surface area contributed by atoms with Gasteiger partial charge in [0.15, 0.2) is 0 Å². The Kier molecular flexibility index (Phi) is 3.86. The van der Waals surface area contributed by atoms with Crippen LogP contribution >= 0.6 is 11.6 Å². The molecular weight excluding hydrogens is 360 g/mol. The summed E-state index contributed by atoms with van der Waals surface area (Å²) in [4.78, 5) is 12.4. The fourth-order valence-corrected chi connectivity index (χ4v) is 4.04. The second-order valence-electron chi connectivity index (χ2n) is 6.95. The van der Waals surface area contributed by atoms with Crippen LogP contribution in [0.5, 0.6) is 0 Å². The summed E-state index contributed by atoms with van der Waals surface area (Å²) in [6.07, 6.45) is 5.57. The van der Waals surface area contributed by atoms with Crippen LogP contribution in [0, 0.1) is 6.92 Å². The van der Waals surface area contributed by atoms with Gasteiger partial charge < -0.3 is 9.88 Å². The summed E-state index contributed by atoms with van der Waals surface area (Å²) >= 11 is 6.13. The standard InChI is InChI=1S/C20H19ClN6/c1-13-4-7-17(27-22-8-9-23-27)19(11-13)26-10-2-3-18(26)20-24-15-6-5-14(21)12-16(15)25-20/h4-9,11-12,18H,2-3,10H2,1H3,(H,24,25)/t18-/m0/s1. The summed E-state index contributed by atoms with van der Waals surface area (Å²) < 4.78 is 0. The third kappa shape index (κ3) is 2.86. The maximum atomic E-state index is 6.13. The lowest BCUT2D eigenvalue weighted by Crippen LogP contribution is -2.25. The van der Waals surface area contributed by atoms with Crippen molar-refractivity contribution in [3.8, 4) is 5.69 Å². The largest absolute Gasteiger partial charge is 0.360 e. The van der Waals surface area contributed by atoms with Gasteiger partial charge in [-0.05, 0) is 55.7 Å². The van der Waals surface area contributed by atoms with Crippen LogP contribution in [-0.4, -0.2) is 31.5 Å². The molecule has 1 aliphatic heterocycles. The third-order valence-corrected chi connectivity index (χ3v) is 5.34. The van der Waals surface area contributed by atoms with Crippen LogP contribution in [-0.2, 0) is 0 Å². The maximum absolute atomic E-state index is 6.13. The normalized spacial score (nSPS) is 17.1. The van der Waals surface area contributed by atoms with Gasteiger partial charge in [0.2, 0.25) is 0 Å². The second-order valence-corrected chi connectivity index (χ2v) is 7.38. The van der Waals surface area contributed by atoms with Crippen molar-refractivity contribution in [3.05, 3.63) is 65.2 Å². The predicted octanol–water partition coefficient (Wildman–Crippen LogP) is 4.45. The molecule has 27 heavy (non-hydrogen) atoms. The van der Waals surface area contributed by atoms with Gasteiger partial charge in [0.05, 0.1) is 35.2 Å². The van der Waals surface area contributed by atoms with Gasteiger partial charge in [-0.15, -0.1) is 4.80 Å². The Balaban J connectivity index is 1.59. The SMILES string of the molecule is Cc1ccc(-n2nccn2)c(N2CCC[C@H]2c2nc3ccc(Cl)cc3[nH]2)c1. The van der Waals surface area contributed by atoms with Gasteiger partial charge in [-0.3, -0.25) is 0 Å². The van der Waals surface area contributed by atoms with Crippen LogP contribution in [0.3, 0.4) is 0 Å². The van der Waals surface area contributed by atoms with Crippen molar-refractivity contribution in [1.29, 1.82) is 0 Å². The van der Waals surface area contributed by atoms with Crippen LogP contribution in [0.15, 0.2) is 48.8 Å². The lowest BCUT2D eigenvalue weighted by atomic mass is 10.1. The topological polar surface area (TPSA) is 62.6 Å². The van der Waals surface area contributed by atoms with E-state index in [0.717, 1.165) is 47.6 Å². The lowest BCUT2D eigenvalue weighted by molar-refractivity contribution is 0.670. The number of aryl methyl sites for hydroxylation is 1. The second kappa shape index (κ2) is 6.39. The van der Waals surface area contributed by atoms with Crippen molar-refractivity contribution in [2.45, 2.75) is 25.8 Å². The van der Waals surface area contributed by atoms with Crippen LogP contribution in [0.25, 0.3) is 16.7 Å². The number of H-pyrrole nitrogens is 1. The number of aromatic amines is 1. The van der Waals surface area contributed by atoms with Gasteiger partial charge in [-0.25, -0.2) is 4.98 Å². The first-order valence-electron chi connectivity index (χ1n) is 9.08. The Morgan fingerprint density at radius 1 is 1.07 bits per heavy atom. The summed E-state index contributed by atoms with van der Waals surface area (Å²) in [5, 5.41) is 9.38. The van der Waals surface area contributed by atoms with Crippen LogP contribution in [0.2, 0.25) is 5.02 Å². The van der Waals surface area contributed by atoms with E-state index in [4.69, 9.17) is 16.6 Å². The molecule has 2 aromatic carbocycles. The number of halogens is 1. The Hall–Kier alpha value is -2.86. The van der Waals surface area contributed by atoms with E-state index in [-0.39, 0.29) is 6.04 Å². The van der Waals surface area contributed by atoms with Crippen molar-refractivity contribution < 1.29 is 0 Å². The van der Waals surface area contributed by atoms with Crippen LogP contribution in [0.1, 0.15) is 30.3 Å². The molecule has 1 aliphatic rings. The molecule has 3 heterocycles. The number of anilines is 1. The van der Waals surface area contributed by atoms with E-state index in [2.05, 4.69) is 45.2 Å². The summed E-state index contributed by atoms with van der Waals surface area (Å²) in [7, 11) is 0. The zero-order chi connectivity index (χ0) is 18.4. The number of imidazole rings is 1. The van der Waals surface area contributed by atoms with Gasteiger partial charge in [0.1, 0.15) is 11.5 Å². The monoisotopic (exact) mass is 378 g/mol. The molecule has 1 atom stereocenters. The van der Waals surface area contributed by atoms with E-state index >= 15 is 0 Å². The smallest absolute Gasteiger partial charge is 0.130 e. The molecule has 0 bridgehead atoms. The number of benzene rings is 2. The molecule has 7 heteroatoms. The summed E-state index contributed by atoms with van der Waals surface area (Å²) in [5.41, 5.74) is 5.24. The Morgan fingerprint density at radius 2 is 1.93 bits per heavy atom. The highest BCUT2D eigenvalue weighted by Gasteiger charge is 2.30. The molecular formula is C20H19ClN6. The average molecular weight is 379 g/mol. The number of nitrogens with one attached hydrogen (secondary N) is 1. The minimum atomic E-state index is 0.187. The summed E-state index contributed by atoms with van der Waals surface area (Å²) in [5.74, 6) is 0.977. The van der Waals surface area contributed by atoms with Gasteiger partial charge in [-0.2, -0.15) is 10.2 Å². The van der Waals surface area contributed by atoms with E-state index in [1.54, 1.807) is 17.2 Å². The molecule has 0 saturated carbocycles. The van der Waals surface area contributed by atoms with Gasteiger partial charge in [-0.1, -0.05) is 17.7 Å². The van der Waals surface area contributed by atoms with E-state index in [9.17, 15) is 0 Å². The molecule has 0 unspecified atom stereocenters. The molecule has 1 saturated heterocycles. The first-order valence-corrected chi connectivity index (χ1v) is 9.46. The maximum Gasteiger partial charge on any atom is 0.130 e. The molecule has 0 amide bonds. The number of hydrogen-bond donors (Lipinski definition) is 1. The Labute approximate surface area is 161 Å². The summed E-state index contributed by atoms with van der Waals surface area (Å²) in [6.45, 7) is 3.08. The molecule has 1 fully saturated rings.